The molecule has 0 saturated carbocycles. The van der Waals surface area contributed by atoms with E-state index in [1.807, 2.05) is 0 Å². The molecule has 8 heteroatoms. The minimum atomic E-state index is -1.00. The van der Waals surface area contributed by atoms with Crippen LogP contribution in [0.5, 0.6) is 0 Å². The van der Waals surface area contributed by atoms with Crippen LogP contribution < -0.4 is 11.1 Å². The van der Waals surface area contributed by atoms with E-state index in [1.54, 1.807) is 6.92 Å². The Labute approximate surface area is 130 Å². The van der Waals surface area contributed by atoms with E-state index in [0.29, 0.717) is 5.56 Å². The Kier molecular flexibility index (Phi) is 4.54. The van der Waals surface area contributed by atoms with E-state index in [9.17, 15) is 23.7 Å². The van der Waals surface area contributed by atoms with Crippen molar-refractivity contribution in [2.45, 2.75) is 13.0 Å². The van der Waals surface area contributed by atoms with E-state index in [2.05, 4.69) is 5.32 Å². The van der Waals surface area contributed by atoms with E-state index in [0.717, 1.165) is 18.2 Å². The molecule has 6 nitrogen and oxygen atoms in total. The molecule has 0 aromatic heterocycles. The summed E-state index contributed by atoms with van der Waals surface area (Å²) in [6.45, 7) is 1.64. The molecule has 0 unspecified atom stereocenters. The average molecular weight is 321 g/mol. The fourth-order valence-corrected chi connectivity index (χ4v) is 2.06. The van der Waals surface area contributed by atoms with Crippen LogP contribution in [0, 0.1) is 21.7 Å². The maximum absolute atomic E-state index is 13.3. The Morgan fingerprint density at radius 1 is 1.22 bits per heavy atom. The van der Waals surface area contributed by atoms with Crippen LogP contribution in [0.15, 0.2) is 36.4 Å². The summed E-state index contributed by atoms with van der Waals surface area (Å²) < 4.78 is 26.2. The Bertz CT molecular complexity index is 781. The normalized spacial score (nSPS) is 11.8. The van der Waals surface area contributed by atoms with Gasteiger partial charge in [0.05, 0.1) is 4.92 Å². The summed E-state index contributed by atoms with van der Waals surface area (Å²) in [6, 6.07) is 6.58. The van der Waals surface area contributed by atoms with Crippen LogP contribution in [-0.4, -0.2) is 10.8 Å². The van der Waals surface area contributed by atoms with Gasteiger partial charge in [-0.2, -0.15) is 0 Å². The summed E-state index contributed by atoms with van der Waals surface area (Å²) >= 11 is 0. The molecule has 2 aromatic carbocycles. The van der Waals surface area contributed by atoms with E-state index in [1.165, 1.54) is 18.2 Å². The van der Waals surface area contributed by atoms with Crippen molar-refractivity contribution in [3.63, 3.8) is 0 Å². The predicted octanol–water partition coefficient (Wildman–Crippen LogP) is 3.15. The number of halogens is 2. The Morgan fingerprint density at radius 3 is 2.48 bits per heavy atom. The van der Waals surface area contributed by atoms with E-state index < -0.39 is 28.5 Å². The topological polar surface area (TPSA) is 98.3 Å². The summed E-state index contributed by atoms with van der Waals surface area (Å²) in [5.41, 5.74) is 5.31. The summed E-state index contributed by atoms with van der Waals surface area (Å²) in [7, 11) is 0. The van der Waals surface area contributed by atoms with E-state index in [-0.39, 0.29) is 16.9 Å². The zero-order valence-corrected chi connectivity index (χ0v) is 12.0. The van der Waals surface area contributed by atoms with E-state index >= 15 is 0 Å². The highest BCUT2D eigenvalue weighted by atomic mass is 19.2. The van der Waals surface area contributed by atoms with Crippen molar-refractivity contribution in [1.29, 1.82) is 0 Å². The second-order valence-corrected chi connectivity index (χ2v) is 4.89. The standard InChI is InChI=1S/C15H13F2N3O3/c1-8(9-2-4-11(16)12(17)6-9)19-13-5-3-10(15(18)21)7-14(13)20(22)23/h2-8,19H,1H3,(H2,18,21)/t8-/m0/s1. The molecule has 120 valence electrons. The number of carbonyl (C=O) groups is 1. The molecule has 1 atom stereocenters. The van der Waals surface area contributed by atoms with Gasteiger partial charge in [-0.1, -0.05) is 6.07 Å². The largest absolute Gasteiger partial charge is 0.373 e. The van der Waals surface area contributed by atoms with Gasteiger partial charge >= 0.3 is 0 Å². The minimum absolute atomic E-state index is 0.00253. The van der Waals surface area contributed by atoms with Crippen LogP contribution in [-0.2, 0) is 0 Å². The van der Waals surface area contributed by atoms with Gasteiger partial charge in [-0.25, -0.2) is 8.78 Å². The van der Waals surface area contributed by atoms with Crippen LogP contribution in [0.3, 0.4) is 0 Å². The summed E-state index contributed by atoms with van der Waals surface area (Å²) in [5.74, 6) is -2.76. The van der Waals surface area contributed by atoms with Gasteiger partial charge in [0.15, 0.2) is 11.6 Å². The maximum atomic E-state index is 13.3. The van der Waals surface area contributed by atoms with Gasteiger partial charge in [-0.15, -0.1) is 0 Å². The number of benzene rings is 2. The fraction of sp³-hybridized carbons (Fsp3) is 0.133. The maximum Gasteiger partial charge on any atom is 0.293 e. The van der Waals surface area contributed by atoms with Gasteiger partial charge in [-0.05, 0) is 36.8 Å². The van der Waals surface area contributed by atoms with Crippen molar-refractivity contribution in [2.75, 3.05) is 5.32 Å². The highest BCUT2D eigenvalue weighted by Gasteiger charge is 2.19. The number of nitro groups is 1. The van der Waals surface area contributed by atoms with Crippen LogP contribution in [0.4, 0.5) is 20.2 Å². The first-order chi connectivity index (χ1) is 10.8. The molecule has 0 aliphatic heterocycles. The molecule has 23 heavy (non-hydrogen) atoms. The van der Waals surface area contributed by atoms with Crippen molar-refractivity contribution < 1.29 is 18.5 Å². The second kappa shape index (κ2) is 6.39. The van der Waals surface area contributed by atoms with Crippen LogP contribution >= 0.6 is 0 Å². The lowest BCUT2D eigenvalue weighted by atomic mass is 10.1. The highest BCUT2D eigenvalue weighted by molar-refractivity contribution is 5.94. The predicted molar refractivity (Wildman–Crippen MR) is 80.0 cm³/mol. The third kappa shape index (κ3) is 3.60. The SMILES string of the molecule is C[C@H](Nc1ccc(C(N)=O)cc1[N+](=O)[O-])c1ccc(F)c(F)c1. The number of carbonyl (C=O) groups excluding carboxylic acids is 1. The Hall–Kier alpha value is -3.03. The average Bonchev–Trinajstić information content (AvgIpc) is 2.49. The number of nitrogens with zero attached hydrogens (tertiary/aromatic N) is 1. The number of hydrogen-bond donors (Lipinski definition) is 2. The monoisotopic (exact) mass is 321 g/mol. The lowest BCUT2D eigenvalue weighted by molar-refractivity contribution is -0.384. The first kappa shape index (κ1) is 16.3. The van der Waals surface area contributed by atoms with Gasteiger partial charge in [0.1, 0.15) is 5.69 Å². The number of hydrogen-bond acceptors (Lipinski definition) is 4. The van der Waals surface area contributed by atoms with E-state index in [4.69, 9.17) is 5.73 Å². The number of nitro benzene ring substituents is 1. The summed E-state index contributed by atoms with van der Waals surface area (Å²) in [6.07, 6.45) is 0. The molecule has 2 rings (SSSR count). The van der Waals surface area contributed by atoms with Crippen LogP contribution in [0.25, 0.3) is 0 Å². The third-order valence-corrected chi connectivity index (χ3v) is 3.29. The number of primary amides is 1. The van der Waals surface area contributed by atoms with Gasteiger partial charge in [-0.3, -0.25) is 14.9 Å². The molecular weight excluding hydrogens is 308 g/mol. The smallest absolute Gasteiger partial charge is 0.293 e. The van der Waals surface area contributed by atoms with Crippen molar-refractivity contribution in [3.8, 4) is 0 Å². The molecule has 0 saturated heterocycles. The lowest BCUT2D eigenvalue weighted by Crippen LogP contribution is -2.13. The zero-order valence-electron chi connectivity index (χ0n) is 12.0. The number of amides is 1. The van der Waals surface area contributed by atoms with Crippen LogP contribution in [0.1, 0.15) is 28.9 Å². The molecular formula is C15H13F2N3O3. The quantitative estimate of drug-likeness (QED) is 0.653. The number of nitrogens with one attached hydrogen (secondary N) is 1. The van der Waals surface area contributed by atoms with Crippen LogP contribution in [0.2, 0.25) is 0 Å². The zero-order chi connectivity index (χ0) is 17.1. The molecule has 0 aliphatic carbocycles. The molecule has 1 amide bonds. The molecule has 0 radical (unpaired) electrons. The van der Waals surface area contributed by atoms with Crippen molar-refractivity contribution in [3.05, 3.63) is 69.3 Å². The van der Waals surface area contributed by atoms with Gasteiger partial charge in [0.25, 0.3) is 5.69 Å². The molecule has 3 N–H and O–H groups in total. The molecule has 0 fully saturated rings. The van der Waals surface area contributed by atoms with Crippen molar-refractivity contribution >= 4 is 17.3 Å². The number of nitrogens with two attached hydrogens (primary N) is 1. The molecule has 0 bridgehead atoms. The molecule has 2 aromatic rings. The second-order valence-electron chi connectivity index (χ2n) is 4.89. The number of anilines is 1. The van der Waals surface area contributed by atoms with Crippen molar-refractivity contribution in [2.24, 2.45) is 5.73 Å². The first-order valence-corrected chi connectivity index (χ1v) is 6.59. The molecule has 0 aliphatic rings. The Balaban J connectivity index is 2.33. The summed E-state index contributed by atoms with van der Waals surface area (Å²) in [5, 5.41) is 14.0. The van der Waals surface area contributed by atoms with Gasteiger partial charge in [0, 0.05) is 17.7 Å². The lowest BCUT2D eigenvalue weighted by Gasteiger charge is -2.16. The van der Waals surface area contributed by atoms with Gasteiger partial charge < -0.3 is 11.1 Å². The highest BCUT2D eigenvalue weighted by Crippen LogP contribution is 2.29. The van der Waals surface area contributed by atoms with Gasteiger partial charge in [0.2, 0.25) is 5.91 Å². The first-order valence-electron chi connectivity index (χ1n) is 6.59. The molecule has 0 spiro atoms. The van der Waals surface area contributed by atoms with Crippen molar-refractivity contribution in [1.82, 2.24) is 0 Å². The molecule has 0 heterocycles. The minimum Gasteiger partial charge on any atom is -0.373 e. The Morgan fingerprint density at radius 2 is 1.91 bits per heavy atom. The fourth-order valence-electron chi connectivity index (χ4n) is 2.06. The number of rotatable bonds is 5. The third-order valence-electron chi connectivity index (χ3n) is 3.29. The summed E-state index contributed by atoms with van der Waals surface area (Å²) in [4.78, 5) is 21.6.